The molecule has 2 amide bonds. The molecule has 0 unspecified atom stereocenters. The van der Waals surface area contributed by atoms with Crippen LogP contribution in [-0.2, 0) is 22.3 Å². The molecule has 316 valence electrons. The Morgan fingerprint density at radius 2 is 0.946 bits per heavy atom. The van der Waals surface area contributed by atoms with Crippen molar-refractivity contribution >= 4 is 18.1 Å². The number of alkyl carbamates (subject to hydrolysis) is 2. The van der Waals surface area contributed by atoms with E-state index in [4.69, 9.17) is 14.5 Å². The Morgan fingerprint density at radius 1 is 0.554 bits per heavy atom. The summed E-state index contributed by atoms with van der Waals surface area (Å²) in [4.78, 5) is 30.7. The zero-order chi connectivity index (χ0) is 40.9. The van der Waals surface area contributed by atoms with E-state index in [9.17, 15) is 9.59 Å². The van der Waals surface area contributed by atoms with Crippen LogP contribution in [0.2, 0.25) is 0 Å². The van der Waals surface area contributed by atoms with E-state index in [-0.39, 0.29) is 12.1 Å². The van der Waals surface area contributed by atoms with Gasteiger partial charge in [-0.25, -0.2) is 9.59 Å². The Balaban J connectivity index is 1.99. The lowest BCUT2D eigenvalue weighted by Crippen LogP contribution is -2.49. The molecule has 2 aromatic carbocycles. The molecule has 56 heavy (non-hydrogen) atoms. The number of benzene rings is 2. The molecule has 0 fully saturated rings. The molecule has 2 rings (SSSR count). The van der Waals surface area contributed by atoms with Crippen LogP contribution in [0.15, 0.2) is 65.7 Å². The molecule has 2 aromatic rings. The van der Waals surface area contributed by atoms with Crippen molar-refractivity contribution in [3.63, 3.8) is 0 Å². The van der Waals surface area contributed by atoms with Gasteiger partial charge in [-0.2, -0.15) is 0 Å². The molecule has 9 heteroatoms. The summed E-state index contributed by atoms with van der Waals surface area (Å²) in [6, 6.07) is 19.7. The normalized spacial score (nSPS) is 13.1. The SMILES string of the molecule is CCCCCCCCCCCCCCCCCCNC(=NC[C@H](Cc1ccccc1)NC(=O)OC(C)(C)C)NC[C@H](Cc1ccccc1)NC(=O)OC(C)(C)C. The molecule has 0 aliphatic heterocycles. The molecule has 2 atom stereocenters. The van der Waals surface area contributed by atoms with E-state index >= 15 is 0 Å². The van der Waals surface area contributed by atoms with Crippen molar-refractivity contribution in [2.75, 3.05) is 19.6 Å². The van der Waals surface area contributed by atoms with Gasteiger partial charge in [-0.05, 0) is 71.9 Å². The fourth-order valence-electron chi connectivity index (χ4n) is 6.56. The number of carbonyl (C=O) groups is 2. The van der Waals surface area contributed by atoms with Crippen LogP contribution >= 0.6 is 0 Å². The molecule has 9 nitrogen and oxygen atoms in total. The highest BCUT2D eigenvalue weighted by molar-refractivity contribution is 5.80. The monoisotopic (exact) mass is 778 g/mol. The number of guanidine groups is 1. The first-order chi connectivity index (χ1) is 26.8. The van der Waals surface area contributed by atoms with Crippen LogP contribution in [0.3, 0.4) is 0 Å². The van der Waals surface area contributed by atoms with Crippen LogP contribution in [0.4, 0.5) is 9.59 Å². The lowest BCUT2D eigenvalue weighted by atomic mass is 10.0. The van der Waals surface area contributed by atoms with Gasteiger partial charge in [-0.15, -0.1) is 0 Å². The standard InChI is InChI=1S/C47H79N5O4/c1-8-9-10-11-12-13-14-15-16-17-18-19-20-21-22-29-34-48-43(49-37-41(35-39-30-25-23-26-31-39)51-44(53)55-46(2,3)4)50-38-42(36-40-32-27-24-28-33-40)52-45(54)56-47(5,6)7/h23-28,30-33,41-42H,8-22,29,34-38H2,1-7H3,(H,51,53)(H,52,54)(H2,48,49,50)/t41-,42-/m0/s1. The Hall–Kier alpha value is -3.75. The third-order valence-corrected chi connectivity index (χ3v) is 9.40. The number of carbonyl (C=O) groups excluding carboxylic acids is 2. The zero-order valence-electron chi connectivity index (χ0n) is 36.4. The third kappa shape index (κ3) is 27.0. The highest BCUT2D eigenvalue weighted by Crippen LogP contribution is 2.14. The summed E-state index contributed by atoms with van der Waals surface area (Å²) in [7, 11) is 0. The molecule has 0 aromatic heterocycles. The molecule has 0 heterocycles. The molecular weight excluding hydrogens is 699 g/mol. The molecule has 0 saturated carbocycles. The largest absolute Gasteiger partial charge is 0.444 e. The van der Waals surface area contributed by atoms with E-state index in [1.54, 1.807) is 0 Å². The molecule has 4 N–H and O–H groups in total. The van der Waals surface area contributed by atoms with Gasteiger partial charge in [0.2, 0.25) is 0 Å². The predicted molar refractivity (Wildman–Crippen MR) is 234 cm³/mol. The van der Waals surface area contributed by atoms with Gasteiger partial charge in [-0.1, -0.05) is 164 Å². The van der Waals surface area contributed by atoms with Gasteiger partial charge in [-0.3, -0.25) is 4.99 Å². The Kier molecular flexibility index (Phi) is 24.7. The van der Waals surface area contributed by atoms with E-state index in [0.717, 1.165) is 30.5 Å². The molecular formula is C47H79N5O4. The van der Waals surface area contributed by atoms with Crippen LogP contribution in [0.1, 0.15) is 162 Å². The number of ether oxygens (including phenoxy) is 2. The smallest absolute Gasteiger partial charge is 0.407 e. The number of aliphatic imine (C=N–C) groups is 1. The van der Waals surface area contributed by atoms with Crippen LogP contribution in [0, 0.1) is 0 Å². The number of nitrogens with zero attached hydrogens (tertiary/aromatic N) is 1. The van der Waals surface area contributed by atoms with Gasteiger partial charge in [0.05, 0.1) is 18.6 Å². The topological polar surface area (TPSA) is 113 Å². The first-order valence-electron chi connectivity index (χ1n) is 21.9. The fourth-order valence-corrected chi connectivity index (χ4v) is 6.56. The van der Waals surface area contributed by atoms with E-state index in [2.05, 4.69) is 52.5 Å². The number of amides is 2. The van der Waals surface area contributed by atoms with Gasteiger partial charge in [0.1, 0.15) is 11.2 Å². The van der Waals surface area contributed by atoms with Gasteiger partial charge < -0.3 is 30.7 Å². The second-order valence-electron chi connectivity index (χ2n) is 17.4. The summed E-state index contributed by atoms with van der Waals surface area (Å²) in [6.07, 6.45) is 21.6. The Labute approximate surface area is 341 Å². The molecule has 0 aliphatic carbocycles. The first kappa shape index (κ1) is 48.4. The highest BCUT2D eigenvalue weighted by atomic mass is 16.6. The summed E-state index contributed by atoms with van der Waals surface area (Å²) in [6.45, 7) is 15.0. The fraction of sp³-hybridized carbons (Fsp3) is 0.681. The summed E-state index contributed by atoms with van der Waals surface area (Å²) in [5.74, 6) is 0.638. The van der Waals surface area contributed by atoms with Crippen molar-refractivity contribution in [1.82, 2.24) is 21.3 Å². The van der Waals surface area contributed by atoms with Gasteiger partial charge >= 0.3 is 12.2 Å². The summed E-state index contributed by atoms with van der Waals surface area (Å²) in [5, 5.41) is 13.2. The highest BCUT2D eigenvalue weighted by Gasteiger charge is 2.22. The first-order valence-corrected chi connectivity index (χ1v) is 21.9. The van der Waals surface area contributed by atoms with Crippen molar-refractivity contribution in [2.24, 2.45) is 4.99 Å². The predicted octanol–water partition coefficient (Wildman–Crippen LogP) is 11.1. The Bertz CT molecular complexity index is 1320. The van der Waals surface area contributed by atoms with E-state index in [0.29, 0.717) is 31.9 Å². The Morgan fingerprint density at radius 3 is 1.38 bits per heavy atom. The molecule has 0 aliphatic rings. The van der Waals surface area contributed by atoms with Gasteiger partial charge in [0, 0.05) is 13.1 Å². The van der Waals surface area contributed by atoms with Crippen LogP contribution < -0.4 is 21.3 Å². The minimum absolute atomic E-state index is 0.255. The quantitative estimate of drug-likeness (QED) is 0.0408. The number of hydrogen-bond acceptors (Lipinski definition) is 5. The van der Waals surface area contributed by atoms with Crippen LogP contribution in [0.25, 0.3) is 0 Å². The minimum Gasteiger partial charge on any atom is -0.444 e. The van der Waals surface area contributed by atoms with Crippen molar-refractivity contribution in [3.8, 4) is 0 Å². The van der Waals surface area contributed by atoms with Crippen molar-refractivity contribution in [3.05, 3.63) is 71.8 Å². The maximum absolute atomic E-state index is 12.9. The third-order valence-electron chi connectivity index (χ3n) is 9.40. The molecule has 0 bridgehead atoms. The van der Waals surface area contributed by atoms with E-state index in [1.165, 1.54) is 89.9 Å². The maximum atomic E-state index is 12.9. The maximum Gasteiger partial charge on any atom is 0.407 e. The van der Waals surface area contributed by atoms with E-state index in [1.807, 2.05) is 77.9 Å². The number of unbranched alkanes of at least 4 members (excludes halogenated alkanes) is 15. The van der Waals surface area contributed by atoms with Gasteiger partial charge in [0.15, 0.2) is 5.96 Å². The summed E-state index contributed by atoms with van der Waals surface area (Å²) >= 11 is 0. The molecule has 0 spiro atoms. The average Bonchev–Trinajstić information content (AvgIpc) is 3.12. The lowest BCUT2D eigenvalue weighted by Gasteiger charge is -2.25. The van der Waals surface area contributed by atoms with Gasteiger partial charge in [0.25, 0.3) is 0 Å². The molecule has 0 radical (unpaired) electrons. The lowest BCUT2D eigenvalue weighted by molar-refractivity contribution is 0.0494. The van der Waals surface area contributed by atoms with Crippen molar-refractivity contribution < 1.29 is 19.1 Å². The van der Waals surface area contributed by atoms with Crippen molar-refractivity contribution in [2.45, 2.75) is 187 Å². The number of nitrogens with one attached hydrogen (secondary N) is 4. The zero-order valence-corrected chi connectivity index (χ0v) is 36.4. The summed E-state index contributed by atoms with van der Waals surface area (Å²) in [5.41, 5.74) is 0.995. The second-order valence-corrected chi connectivity index (χ2v) is 17.4. The molecule has 0 saturated heterocycles. The number of hydrogen-bond donors (Lipinski definition) is 4. The van der Waals surface area contributed by atoms with Crippen LogP contribution in [-0.4, -0.2) is 61.1 Å². The average molecular weight is 778 g/mol. The summed E-state index contributed by atoms with van der Waals surface area (Å²) < 4.78 is 11.2. The van der Waals surface area contributed by atoms with Crippen molar-refractivity contribution in [1.29, 1.82) is 0 Å². The van der Waals surface area contributed by atoms with E-state index < -0.39 is 23.4 Å². The number of rotatable bonds is 27. The van der Waals surface area contributed by atoms with Crippen LogP contribution in [0.5, 0.6) is 0 Å². The minimum atomic E-state index is -0.610. The second kappa shape index (κ2) is 28.6.